The van der Waals surface area contributed by atoms with Crippen molar-refractivity contribution in [1.82, 2.24) is 9.97 Å². The minimum atomic E-state index is -0.290. The second-order valence-corrected chi connectivity index (χ2v) is 5.26. The molecule has 0 atom stereocenters. The van der Waals surface area contributed by atoms with Crippen LogP contribution in [0.5, 0.6) is 0 Å². The highest BCUT2D eigenvalue weighted by atomic mass is 19.1. The van der Waals surface area contributed by atoms with Gasteiger partial charge >= 0.3 is 0 Å². The fraction of sp³-hybridized carbons (Fsp3) is 0.111. The maximum absolute atomic E-state index is 13.2. The second kappa shape index (κ2) is 6.87. The molecule has 0 saturated carbocycles. The Bertz CT molecular complexity index is 787. The van der Waals surface area contributed by atoms with E-state index in [-0.39, 0.29) is 5.82 Å². The number of nitrogens with zero attached hydrogens (tertiary/aromatic N) is 2. The smallest absolute Gasteiger partial charge is 0.135 e. The number of aryl methyl sites for hydroxylation is 1. The first kappa shape index (κ1) is 15.0. The summed E-state index contributed by atoms with van der Waals surface area (Å²) in [6.07, 6.45) is 1.47. The van der Waals surface area contributed by atoms with Gasteiger partial charge in [-0.15, -0.1) is 0 Å². The number of rotatable bonds is 5. The van der Waals surface area contributed by atoms with Gasteiger partial charge in [0.15, 0.2) is 0 Å². The molecule has 2 aromatic carbocycles. The van der Waals surface area contributed by atoms with Crippen LogP contribution in [0.4, 0.5) is 21.7 Å². The van der Waals surface area contributed by atoms with Gasteiger partial charge in [0.2, 0.25) is 0 Å². The molecule has 5 heteroatoms. The number of aromatic nitrogens is 2. The number of benzene rings is 2. The van der Waals surface area contributed by atoms with E-state index in [9.17, 15) is 4.39 Å². The maximum atomic E-state index is 13.2. The first-order valence-corrected chi connectivity index (χ1v) is 7.33. The predicted octanol–water partition coefficient (Wildman–Crippen LogP) is 4.28. The Balaban J connectivity index is 1.66. The quantitative estimate of drug-likeness (QED) is 0.738. The average Bonchev–Trinajstić information content (AvgIpc) is 2.55. The Labute approximate surface area is 134 Å². The number of anilines is 3. The third kappa shape index (κ3) is 4.26. The topological polar surface area (TPSA) is 49.8 Å². The number of halogens is 1. The summed E-state index contributed by atoms with van der Waals surface area (Å²) in [4.78, 5) is 8.34. The van der Waals surface area contributed by atoms with Gasteiger partial charge in [-0.3, -0.25) is 0 Å². The largest absolute Gasteiger partial charge is 0.366 e. The zero-order valence-corrected chi connectivity index (χ0v) is 12.8. The molecule has 0 fully saturated rings. The lowest BCUT2D eigenvalue weighted by atomic mass is 10.1. The van der Waals surface area contributed by atoms with Crippen molar-refractivity contribution in [1.29, 1.82) is 0 Å². The van der Waals surface area contributed by atoms with Crippen molar-refractivity contribution >= 4 is 17.3 Å². The van der Waals surface area contributed by atoms with Gasteiger partial charge in [0.05, 0.1) is 0 Å². The lowest BCUT2D eigenvalue weighted by molar-refractivity contribution is 0.628. The first-order chi connectivity index (χ1) is 11.2. The Morgan fingerprint density at radius 3 is 2.52 bits per heavy atom. The molecule has 23 heavy (non-hydrogen) atoms. The molecule has 1 aromatic heterocycles. The van der Waals surface area contributed by atoms with Crippen molar-refractivity contribution in [3.8, 4) is 0 Å². The van der Waals surface area contributed by atoms with E-state index in [4.69, 9.17) is 0 Å². The molecule has 1 heterocycles. The highest BCUT2D eigenvalue weighted by Crippen LogP contribution is 2.17. The zero-order chi connectivity index (χ0) is 16.1. The monoisotopic (exact) mass is 308 g/mol. The third-order valence-corrected chi connectivity index (χ3v) is 3.36. The highest BCUT2D eigenvalue weighted by molar-refractivity contribution is 5.58. The number of hydrogen-bond donors (Lipinski definition) is 2. The molecule has 0 aliphatic rings. The summed E-state index contributed by atoms with van der Waals surface area (Å²) >= 11 is 0. The lowest BCUT2D eigenvalue weighted by Gasteiger charge is -2.09. The summed E-state index contributed by atoms with van der Waals surface area (Å²) in [7, 11) is 0. The van der Waals surface area contributed by atoms with Crippen LogP contribution in [0, 0.1) is 12.7 Å². The molecule has 3 aromatic rings. The molecule has 0 aliphatic carbocycles. The van der Waals surface area contributed by atoms with E-state index in [1.807, 2.05) is 0 Å². The summed E-state index contributed by atoms with van der Waals surface area (Å²) in [6, 6.07) is 16.4. The van der Waals surface area contributed by atoms with E-state index in [0.29, 0.717) is 23.9 Å². The molecule has 0 aliphatic heterocycles. The molecule has 0 unspecified atom stereocenters. The van der Waals surface area contributed by atoms with Crippen molar-refractivity contribution in [2.75, 3.05) is 10.6 Å². The van der Waals surface area contributed by atoms with Gasteiger partial charge in [-0.05, 0) is 30.7 Å². The molecule has 0 spiro atoms. The Morgan fingerprint density at radius 1 is 0.957 bits per heavy atom. The summed E-state index contributed by atoms with van der Waals surface area (Å²) in [6.45, 7) is 2.74. The molecule has 0 radical (unpaired) electrons. The van der Waals surface area contributed by atoms with Crippen LogP contribution in [0.2, 0.25) is 0 Å². The fourth-order valence-corrected chi connectivity index (χ4v) is 2.14. The minimum Gasteiger partial charge on any atom is -0.366 e. The minimum absolute atomic E-state index is 0.290. The van der Waals surface area contributed by atoms with E-state index < -0.39 is 0 Å². The molecule has 0 bridgehead atoms. The number of nitrogens with one attached hydrogen (secondary N) is 2. The average molecular weight is 308 g/mol. The number of hydrogen-bond acceptors (Lipinski definition) is 4. The van der Waals surface area contributed by atoms with Crippen LogP contribution in [0.15, 0.2) is 60.9 Å². The summed E-state index contributed by atoms with van der Waals surface area (Å²) in [5.74, 6) is 1.03. The molecule has 2 N–H and O–H groups in total. The third-order valence-electron chi connectivity index (χ3n) is 3.36. The van der Waals surface area contributed by atoms with Gasteiger partial charge in [-0.2, -0.15) is 0 Å². The van der Waals surface area contributed by atoms with E-state index in [2.05, 4.69) is 51.8 Å². The van der Waals surface area contributed by atoms with Gasteiger partial charge in [0.25, 0.3) is 0 Å². The predicted molar refractivity (Wildman–Crippen MR) is 90.2 cm³/mol. The van der Waals surface area contributed by atoms with Crippen LogP contribution in [0.25, 0.3) is 0 Å². The van der Waals surface area contributed by atoms with Crippen LogP contribution in [-0.2, 0) is 6.54 Å². The molecule has 4 nitrogen and oxygen atoms in total. The van der Waals surface area contributed by atoms with Gasteiger partial charge in [-0.25, -0.2) is 14.4 Å². The van der Waals surface area contributed by atoms with Gasteiger partial charge in [0, 0.05) is 18.3 Å². The van der Waals surface area contributed by atoms with Crippen molar-refractivity contribution < 1.29 is 4.39 Å². The fourth-order valence-electron chi connectivity index (χ4n) is 2.14. The first-order valence-electron chi connectivity index (χ1n) is 7.33. The van der Waals surface area contributed by atoms with Crippen molar-refractivity contribution in [2.24, 2.45) is 0 Å². The summed E-state index contributed by atoms with van der Waals surface area (Å²) < 4.78 is 13.2. The molecular weight excluding hydrogens is 291 g/mol. The Morgan fingerprint density at radius 2 is 1.74 bits per heavy atom. The summed E-state index contributed by atoms with van der Waals surface area (Å²) in [5, 5.41) is 6.31. The Kier molecular flexibility index (Phi) is 4.47. The van der Waals surface area contributed by atoms with Crippen molar-refractivity contribution in [3.63, 3.8) is 0 Å². The van der Waals surface area contributed by atoms with Gasteiger partial charge in [-0.1, -0.05) is 35.9 Å². The normalized spacial score (nSPS) is 10.3. The molecule has 0 amide bonds. The molecule has 3 rings (SSSR count). The maximum Gasteiger partial charge on any atom is 0.135 e. The van der Waals surface area contributed by atoms with Gasteiger partial charge < -0.3 is 10.6 Å². The van der Waals surface area contributed by atoms with E-state index in [0.717, 1.165) is 0 Å². The van der Waals surface area contributed by atoms with Crippen molar-refractivity contribution in [3.05, 3.63) is 77.9 Å². The highest BCUT2D eigenvalue weighted by Gasteiger charge is 2.01. The van der Waals surface area contributed by atoms with E-state index >= 15 is 0 Å². The zero-order valence-electron chi connectivity index (χ0n) is 12.8. The van der Waals surface area contributed by atoms with Crippen LogP contribution in [-0.4, -0.2) is 9.97 Å². The molecular formula is C18H17FN4. The summed E-state index contributed by atoms with van der Waals surface area (Å²) in [5.41, 5.74) is 3.06. The van der Waals surface area contributed by atoms with Crippen LogP contribution < -0.4 is 10.6 Å². The SMILES string of the molecule is Cc1ccc(CNc2cc(Nc3cccc(F)c3)ncn2)cc1. The van der Waals surface area contributed by atoms with E-state index in [1.165, 1.54) is 29.6 Å². The van der Waals surface area contributed by atoms with Crippen LogP contribution >= 0.6 is 0 Å². The molecule has 116 valence electrons. The van der Waals surface area contributed by atoms with Crippen molar-refractivity contribution in [2.45, 2.75) is 13.5 Å². The van der Waals surface area contributed by atoms with E-state index in [1.54, 1.807) is 18.2 Å². The Hall–Kier alpha value is -2.95. The van der Waals surface area contributed by atoms with Gasteiger partial charge in [0.1, 0.15) is 23.8 Å². The van der Waals surface area contributed by atoms with Crippen LogP contribution in [0.3, 0.4) is 0 Å². The molecule has 0 saturated heterocycles. The lowest BCUT2D eigenvalue weighted by Crippen LogP contribution is -2.03. The second-order valence-electron chi connectivity index (χ2n) is 5.26. The van der Waals surface area contributed by atoms with Crippen LogP contribution in [0.1, 0.15) is 11.1 Å². The standard InChI is InChI=1S/C18H17FN4/c1-13-5-7-14(8-6-13)11-20-17-10-18(22-12-21-17)23-16-4-2-3-15(19)9-16/h2-10,12H,11H2,1H3,(H2,20,21,22,23).